The van der Waals surface area contributed by atoms with Crippen LogP contribution in [0.1, 0.15) is 46.5 Å². The van der Waals surface area contributed by atoms with Crippen LogP contribution in [0.15, 0.2) is 0 Å². The normalized spacial score (nSPS) is 29.5. The van der Waals surface area contributed by atoms with Crippen molar-refractivity contribution in [1.82, 2.24) is 0 Å². The lowest BCUT2D eigenvalue weighted by Gasteiger charge is -2.28. The molecule has 1 aliphatic carbocycles. The van der Waals surface area contributed by atoms with Gasteiger partial charge in [-0.15, -0.1) is 0 Å². The van der Waals surface area contributed by atoms with Crippen molar-refractivity contribution in [2.45, 2.75) is 46.5 Å². The molecule has 0 spiro atoms. The minimum atomic E-state index is 0.924. The minimum absolute atomic E-state index is 0.924. The van der Waals surface area contributed by atoms with Crippen LogP contribution in [0.25, 0.3) is 0 Å². The molecule has 0 bridgehead atoms. The van der Waals surface area contributed by atoms with Crippen molar-refractivity contribution in [2.24, 2.45) is 17.8 Å². The highest BCUT2D eigenvalue weighted by atomic mass is 16.2. The first kappa shape index (κ1) is 12.0. The van der Waals surface area contributed by atoms with Crippen LogP contribution in [-0.2, 0) is 0 Å². The maximum Gasteiger partial charge on any atom is 0.0319 e. The number of rotatable bonds is 1. The van der Waals surface area contributed by atoms with Gasteiger partial charge in [0.1, 0.15) is 0 Å². The fourth-order valence-corrected chi connectivity index (χ4v) is 1.95. The zero-order chi connectivity index (χ0) is 9.56. The van der Waals surface area contributed by atoms with Crippen LogP contribution in [0, 0.1) is 17.8 Å². The summed E-state index contributed by atoms with van der Waals surface area (Å²) in [6.07, 6.45) is 5.92. The van der Waals surface area contributed by atoms with E-state index < -0.39 is 0 Å². The molecule has 1 aliphatic rings. The average Bonchev–Trinajstić information content (AvgIpc) is 2.09. The minimum Gasteiger partial charge on any atom is -0.400 e. The predicted octanol–water partition coefficient (Wildman–Crippen LogP) is 3.08. The Morgan fingerprint density at radius 2 is 1.42 bits per heavy atom. The topological polar surface area (TPSA) is 20.2 Å². The van der Waals surface area contributed by atoms with Crippen LogP contribution < -0.4 is 0 Å². The zero-order valence-electron chi connectivity index (χ0n) is 9.01. The van der Waals surface area contributed by atoms with E-state index in [2.05, 4.69) is 20.8 Å². The predicted molar refractivity (Wildman–Crippen MR) is 54.1 cm³/mol. The smallest absolute Gasteiger partial charge is 0.0319 e. The fraction of sp³-hybridized carbons (Fsp3) is 1.00. The second kappa shape index (κ2) is 6.47. The summed E-state index contributed by atoms with van der Waals surface area (Å²) in [6, 6.07) is 0. The summed E-state index contributed by atoms with van der Waals surface area (Å²) < 4.78 is 0. The lowest BCUT2D eigenvalue weighted by atomic mass is 9.78. The van der Waals surface area contributed by atoms with Crippen molar-refractivity contribution in [1.29, 1.82) is 0 Å². The van der Waals surface area contributed by atoms with E-state index in [1.165, 1.54) is 25.7 Å². The van der Waals surface area contributed by atoms with E-state index in [0.717, 1.165) is 24.9 Å². The Morgan fingerprint density at radius 1 is 1.00 bits per heavy atom. The van der Waals surface area contributed by atoms with E-state index in [0.29, 0.717) is 0 Å². The molecule has 0 atom stereocenters. The summed E-state index contributed by atoms with van der Waals surface area (Å²) in [5, 5.41) is 7.00. The van der Waals surface area contributed by atoms with Gasteiger partial charge in [0.25, 0.3) is 0 Å². The first-order valence-electron chi connectivity index (χ1n) is 5.15. The van der Waals surface area contributed by atoms with E-state index in [4.69, 9.17) is 5.11 Å². The van der Waals surface area contributed by atoms with Crippen molar-refractivity contribution in [2.75, 3.05) is 7.11 Å². The molecule has 0 unspecified atom stereocenters. The summed E-state index contributed by atoms with van der Waals surface area (Å²) in [5.74, 6) is 2.97. The second-order valence-corrected chi connectivity index (χ2v) is 4.26. The molecule has 0 radical (unpaired) electrons. The van der Waals surface area contributed by atoms with Crippen molar-refractivity contribution in [3.8, 4) is 0 Å². The monoisotopic (exact) mass is 172 g/mol. The number of hydrogen-bond donors (Lipinski definition) is 1. The highest BCUT2D eigenvalue weighted by Crippen LogP contribution is 2.32. The van der Waals surface area contributed by atoms with Gasteiger partial charge in [0.15, 0.2) is 0 Å². The Labute approximate surface area is 77.2 Å². The third-order valence-electron chi connectivity index (χ3n) is 3.00. The molecular weight excluding hydrogens is 148 g/mol. The van der Waals surface area contributed by atoms with Gasteiger partial charge in [-0.25, -0.2) is 0 Å². The standard InChI is InChI=1S/C10H20.CH4O/c1-8(2)10-6-4-9(3)5-7-10;1-2/h8-10H,4-7H2,1-3H3;2H,1H3. The summed E-state index contributed by atoms with van der Waals surface area (Å²) in [7, 11) is 1.00. The van der Waals surface area contributed by atoms with Crippen LogP contribution >= 0.6 is 0 Å². The van der Waals surface area contributed by atoms with Crippen molar-refractivity contribution < 1.29 is 5.11 Å². The van der Waals surface area contributed by atoms with Crippen LogP contribution in [0.4, 0.5) is 0 Å². The Morgan fingerprint density at radius 3 is 1.75 bits per heavy atom. The Balaban J connectivity index is 0.000000561. The van der Waals surface area contributed by atoms with Gasteiger partial charge >= 0.3 is 0 Å². The maximum atomic E-state index is 7.00. The molecule has 1 nitrogen and oxygen atoms in total. The van der Waals surface area contributed by atoms with E-state index in [-0.39, 0.29) is 0 Å². The van der Waals surface area contributed by atoms with E-state index in [9.17, 15) is 0 Å². The highest BCUT2D eigenvalue weighted by Gasteiger charge is 2.19. The third-order valence-corrected chi connectivity index (χ3v) is 3.00. The first-order chi connectivity index (χ1) is 5.70. The molecule has 0 amide bonds. The average molecular weight is 172 g/mol. The van der Waals surface area contributed by atoms with E-state index in [1.54, 1.807) is 0 Å². The van der Waals surface area contributed by atoms with E-state index in [1.807, 2.05) is 0 Å². The lowest BCUT2D eigenvalue weighted by Crippen LogP contribution is -2.16. The third kappa shape index (κ3) is 4.10. The largest absolute Gasteiger partial charge is 0.400 e. The Bertz CT molecular complexity index is 91.2. The van der Waals surface area contributed by atoms with E-state index >= 15 is 0 Å². The molecule has 0 aromatic heterocycles. The molecule has 1 saturated carbocycles. The lowest BCUT2D eigenvalue weighted by molar-refractivity contribution is 0.234. The molecule has 0 aromatic carbocycles. The molecule has 0 aliphatic heterocycles. The summed E-state index contributed by atoms with van der Waals surface area (Å²) in [4.78, 5) is 0. The zero-order valence-corrected chi connectivity index (χ0v) is 9.01. The number of aliphatic hydroxyl groups is 1. The van der Waals surface area contributed by atoms with Crippen molar-refractivity contribution in [3.63, 3.8) is 0 Å². The van der Waals surface area contributed by atoms with Crippen LogP contribution in [0.2, 0.25) is 0 Å². The van der Waals surface area contributed by atoms with Crippen molar-refractivity contribution in [3.05, 3.63) is 0 Å². The summed E-state index contributed by atoms with van der Waals surface area (Å²) in [5.41, 5.74) is 0. The van der Waals surface area contributed by atoms with Crippen LogP contribution in [-0.4, -0.2) is 12.2 Å². The van der Waals surface area contributed by atoms with Gasteiger partial charge in [0.2, 0.25) is 0 Å². The maximum absolute atomic E-state index is 7.00. The molecule has 0 heterocycles. The molecule has 74 valence electrons. The first-order valence-corrected chi connectivity index (χ1v) is 5.15. The van der Waals surface area contributed by atoms with Gasteiger partial charge in [-0.2, -0.15) is 0 Å². The Kier molecular flexibility index (Phi) is 6.45. The van der Waals surface area contributed by atoms with Gasteiger partial charge in [-0.3, -0.25) is 0 Å². The van der Waals surface area contributed by atoms with Crippen LogP contribution in [0.3, 0.4) is 0 Å². The van der Waals surface area contributed by atoms with Gasteiger partial charge < -0.3 is 5.11 Å². The van der Waals surface area contributed by atoms with Gasteiger partial charge in [-0.05, 0) is 30.6 Å². The summed E-state index contributed by atoms with van der Waals surface area (Å²) >= 11 is 0. The molecule has 12 heavy (non-hydrogen) atoms. The molecule has 1 rings (SSSR count). The van der Waals surface area contributed by atoms with Crippen LogP contribution in [0.5, 0.6) is 0 Å². The molecule has 1 heteroatoms. The second-order valence-electron chi connectivity index (χ2n) is 4.26. The number of aliphatic hydroxyl groups excluding tert-OH is 1. The molecule has 1 N–H and O–H groups in total. The quantitative estimate of drug-likeness (QED) is 0.644. The molecule has 0 aromatic rings. The SMILES string of the molecule is CC1CCC(C(C)C)CC1.CO. The fourth-order valence-electron chi connectivity index (χ4n) is 1.95. The molecule has 0 saturated heterocycles. The van der Waals surface area contributed by atoms with Gasteiger partial charge in [0, 0.05) is 7.11 Å². The number of hydrogen-bond acceptors (Lipinski definition) is 1. The highest BCUT2D eigenvalue weighted by molar-refractivity contribution is 4.71. The Hall–Kier alpha value is -0.0400. The molecule has 1 fully saturated rings. The van der Waals surface area contributed by atoms with Gasteiger partial charge in [-0.1, -0.05) is 33.6 Å². The summed E-state index contributed by atoms with van der Waals surface area (Å²) in [6.45, 7) is 7.11. The van der Waals surface area contributed by atoms with Crippen molar-refractivity contribution >= 4 is 0 Å². The molecular formula is C11H24O. The van der Waals surface area contributed by atoms with Gasteiger partial charge in [0.05, 0.1) is 0 Å².